The molecule has 0 radical (unpaired) electrons. The van der Waals surface area contributed by atoms with Crippen LogP contribution in [0.15, 0.2) is 42.5 Å². The zero-order valence-corrected chi connectivity index (χ0v) is 13.2. The molecule has 1 amide bonds. The molecule has 5 heteroatoms. The molecule has 5 nitrogen and oxygen atoms in total. The third kappa shape index (κ3) is 2.95. The van der Waals surface area contributed by atoms with Gasteiger partial charge in [-0.05, 0) is 37.3 Å². The van der Waals surface area contributed by atoms with E-state index in [0.29, 0.717) is 36.8 Å². The van der Waals surface area contributed by atoms with E-state index in [2.05, 4.69) is 0 Å². The smallest absolute Gasteiger partial charge is 0.258 e. The molecule has 1 aliphatic rings. The van der Waals surface area contributed by atoms with Crippen LogP contribution in [0.25, 0.3) is 0 Å². The number of carbonyl (C=O) groups is 1. The van der Waals surface area contributed by atoms with E-state index in [-0.39, 0.29) is 5.91 Å². The Hall–Kier alpha value is -2.69. The molecular formula is C18H19NO4. The fourth-order valence-electron chi connectivity index (χ4n) is 2.61. The van der Waals surface area contributed by atoms with Gasteiger partial charge in [-0.15, -0.1) is 0 Å². The lowest BCUT2D eigenvalue weighted by atomic mass is 10.1. The van der Waals surface area contributed by atoms with Crippen LogP contribution < -0.4 is 19.1 Å². The van der Waals surface area contributed by atoms with Crippen LogP contribution in [0.3, 0.4) is 0 Å². The first-order valence-electron chi connectivity index (χ1n) is 7.59. The van der Waals surface area contributed by atoms with Crippen LogP contribution in [0, 0.1) is 0 Å². The average Bonchev–Trinajstić information content (AvgIpc) is 2.61. The summed E-state index contributed by atoms with van der Waals surface area (Å²) >= 11 is 0. The number of ether oxygens (including phenoxy) is 3. The van der Waals surface area contributed by atoms with Crippen LogP contribution in [0.4, 0.5) is 5.69 Å². The Balaban J connectivity index is 1.92. The van der Waals surface area contributed by atoms with Gasteiger partial charge >= 0.3 is 0 Å². The number of methoxy groups -OCH3 is 1. The van der Waals surface area contributed by atoms with Crippen molar-refractivity contribution < 1.29 is 19.0 Å². The number of carbonyl (C=O) groups excluding carboxylic acids is 1. The fourth-order valence-corrected chi connectivity index (χ4v) is 2.61. The monoisotopic (exact) mass is 313 g/mol. The number of rotatable bonds is 4. The second-order valence-corrected chi connectivity index (χ2v) is 5.07. The molecule has 1 heterocycles. The van der Waals surface area contributed by atoms with E-state index in [1.54, 1.807) is 30.2 Å². The number of hydrogen-bond acceptors (Lipinski definition) is 4. The van der Waals surface area contributed by atoms with Crippen molar-refractivity contribution >= 4 is 11.6 Å². The number of hydrogen-bond donors (Lipinski definition) is 0. The Kier molecular flexibility index (Phi) is 4.37. The van der Waals surface area contributed by atoms with Gasteiger partial charge in [0.2, 0.25) is 0 Å². The Bertz CT molecular complexity index is 714. The first-order valence-corrected chi connectivity index (χ1v) is 7.59. The van der Waals surface area contributed by atoms with Gasteiger partial charge in [0.05, 0.1) is 25.9 Å². The molecule has 2 aromatic rings. The van der Waals surface area contributed by atoms with Crippen molar-refractivity contribution in [2.45, 2.75) is 6.92 Å². The van der Waals surface area contributed by atoms with Crippen molar-refractivity contribution in [3.8, 4) is 17.2 Å². The maximum absolute atomic E-state index is 12.9. The van der Waals surface area contributed by atoms with Gasteiger partial charge in [0, 0.05) is 5.56 Å². The van der Waals surface area contributed by atoms with Crippen LogP contribution in [0.1, 0.15) is 17.3 Å². The molecule has 0 unspecified atom stereocenters. The number of amides is 1. The molecule has 0 aromatic heterocycles. The van der Waals surface area contributed by atoms with Gasteiger partial charge in [0.15, 0.2) is 11.5 Å². The van der Waals surface area contributed by atoms with Gasteiger partial charge in [-0.25, -0.2) is 0 Å². The number of fused-ring (bicyclic) bond motifs is 1. The molecule has 2 aromatic carbocycles. The third-order valence-corrected chi connectivity index (χ3v) is 3.68. The van der Waals surface area contributed by atoms with E-state index >= 15 is 0 Å². The van der Waals surface area contributed by atoms with Gasteiger partial charge < -0.3 is 19.1 Å². The molecule has 0 atom stereocenters. The van der Waals surface area contributed by atoms with E-state index in [4.69, 9.17) is 14.2 Å². The molecule has 0 saturated heterocycles. The van der Waals surface area contributed by atoms with Crippen LogP contribution in [-0.2, 0) is 0 Å². The van der Waals surface area contributed by atoms with Crippen LogP contribution >= 0.6 is 0 Å². The molecule has 3 rings (SSSR count). The Morgan fingerprint density at radius 3 is 2.83 bits per heavy atom. The molecule has 120 valence electrons. The molecule has 0 fully saturated rings. The number of anilines is 1. The van der Waals surface area contributed by atoms with E-state index in [1.807, 2.05) is 31.2 Å². The Morgan fingerprint density at radius 1 is 1.22 bits per heavy atom. The van der Waals surface area contributed by atoms with Gasteiger partial charge in [-0.3, -0.25) is 4.79 Å². The number of para-hydroxylation sites is 2. The van der Waals surface area contributed by atoms with Crippen molar-refractivity contribution in [2.24, 2.45) is 0 Å². The van der Waals surface area contributed by atoms with Crippen molar-refractivity contribution in [1.29, 1.82) is 0 Å². The average molecular weight is 313 g/mol. The molecule has 0 bridgehead atoms. The Morgan fingerprint density at radius 2 is 2.04 bits per heavy atom. The highest BCUT2D eigenvalue weighted by molar-refractivity contribution is 6.07. The normalized spacial score (nSPS) is 13.0. The molecule has 0 aliphatic carbocycles. The van der Waals surface area contributed by atoms with Crippen LogP contribution in [0.2, 0.25) is 0 Å². The zero-order valence-electron chi connectivity index (χ0n) is 13.2. The first kappa shape index (κ1) is 15.2. The van der Waals surface area contributed by atoms with E-state index in [9.17, 15) is 4.79 Å². The molecule has 23 heavy (non-hydrogen) atoms. The fraction of sp³-hybridized carbons (Fsp3) is 0.278. The lowest BCUT2D eigenvalue weighted by Gasteiger charge is -2.29. The molecule has 0 saturated carbocycles. The standard InChI is InChI=1S/C18H19NO4/c1-3-22-16-9-8-13(12-17(16)21-2)18(20)19-10-11-23-15-7-5-4-6-14(15)19/h4-9,12H,3,10-11H2,1-2H3. The third-order valence-electron chi connectivity index (χ3n) is 3.68. The molecule has 0 N–H and O–H groups in total. The van der Waals surface area contributed by atoms with Crippen molar-refractivity contribution in [2.75, 3.05) is 31.8 Å². The second kappa shape index (κ2) is 6.60. The number of nitrogens with zero attached hydrogens (tertiary/aromatic N) is 1. The summed E-state index contributed by atoms with van der Waals surface area (Å²) in [5.74, 6) is 1.83. The quantitative estimate of drug-likeness (QED) is 0.870. The van der Waals surface area contributed by atoms with Gasteiger partial charge in [-0.1, -0.05) is 12.1 Å². The summed E-state index contributed by atoms with van der Waals surface area (Å²) in [5, 5.41) is 0. The Labute approximate surface area is 135 Å². The SMILES string of the molecule is CCOc1ccc(C(=O)N2CCOc3ccccc32)cc1OC. The highest BCUT2D eigenvalue weighted by atomic mass is 16.5. The summed E-state index contributed by atoms with van der Waals surface area (Å²) in [5.41, 5.74) is 1.35. The molecular weight excluding hydrogens is 294 g/mol. The minimum absolute atomic E-state index is 0.0814. The topological polar surface area (TPSA) is 48.0 Å². The van der Waals surface area contributed by atoms with Crippen molar-refractivity contribution in [3.63, 3.8) is 0 Å². The largest absolute Gasteiger partial charge is 0.493 e. The van der Waals surface area contributed by atoms with E-state index < -0.39 is 0 Å². The maximum Gasteiger partial charge on any atom is 0.258 e. The lowest BCUT2D eigenvalue weighted by molar-refractivity contribution is 0.0976. The summed E-state index contributed by atoms with van der Waals surface area (Å²) < 4.78 is 16.4. The van der Waals surface area contributed by atoms with Crippen molar-refractivity contribution in [1.82, 2.24) is 0 Å². The van der Waals surface area contributed by atoms with E-state index in [1.165, 1.54) is 0 Å². The molecule has 1 aliphatic heterocycles. The summed E-state index contributed by atoms with van der Waals surface area (Å²) in [6.07, 6.45) is 0. The minimum Gasteiger partial charge on any atom is -0.493 e. The van der Waals surface area contributed by atoms with Crippen LogP contribution in [0.5, 0.6) is 17.2 Å². The van der Waals surface area contributed by atoms with E-state index in [0.717, 1.165) is 11.4 Å². The second-order valence-electron chi connectivity index (χ2n) is 5.07. The maximum atomic E-state index is 12.9. The van der Waals surface area contributed by atoms with Gasteiger partial charge in [0.25, 0.3) is 5.91 Å². The summed E-state index contributed by atoms with van der Waals surface area (Å²) in [7, 11) is 1.57. The minimum atomic E-state index is -0.0814. The van der Waals surface area contributed by atoms with Gasteiger partial charge in [-0.2, -0.15) is 0 Å². The lowest BCUT2D eigenvalue weighted by Crippen LogP contribution is -2.37. The zero-order chi connectivity index (χ0) is 16.2. The first-order chi connectivity index (χ1) is 11.2. The predicted octanol–water partition coefficient (Wildman–Crippen LogP) is 3.13. The summed E-state index contributed by atoms with van der Waals surface area (Å²) in [6.45, 7) is 3.45. The molecule has 0 spiro atoms. The number of benzene rings is 2. The summed E-state index contributed by atoms with van der Waals surface area (Å²) in [6, 6.07) is 12.8. The van der Waals surface area contributed by atoms with Crippen LogP contribution in [-0.4, -0.2) is 32.8 Å². The highest BCUT2D eigenvalue weighted by Crippen LogP contribution is 2.33. The highest BCUT2D eigenvalue weighted by Gasteiger charge is 2.25. The van der Waals surface area contributed by atoms with Gasteiger partial charge in [0.1, 0.15) is 12.4 Å². The summed E-state index contributed by atoms with van der Waals surface area (Å²) in [4.78, 5) is 14.6. The van der Waals surface area contributed by atoms with Crippen molar-refractivity contribution in [3.05, 3.63) is 48.0 Å². The predicted molar refractivity (Wildman–Crippen MR) is 87.8 cm³/mol.